The number of benzene rings is 1. The highest BCUT2D eigenvalue weighted by atomic mass is 19.2. The summed E-state index contributed by atoms with van der Waals surface area (Å²) in [4.78, 5) is 16.7. The molecule has 1 aromatic heterocycles. The van der Waals surface area contributed by atoms with Crippen LogP contribution in [0.2, 0.25) is 0 Å². The van der Waals surface area contributed by atoms with Gasteiger partial charge in [0.1, 0.15) is 5.82 Å². The fraction of sp³-hybridized carbons (Fsp3) is 0.333. The van der Waals surface area contributed by atoms with E-state index in [1.54, 1.807) is 12.3 Å². The summed E-state index contributed by atoms with van der Waals surface area (Å²) >= 11 is 0. The Morgan fingerprint density at radius 3 is 2.72 bits per heavy atom. The van der Waals surface area contributed by atoms with E-state index < -0.39 is 17.5 Å². The third-order valence-corrected chi connectivity index (χ3v) is 3.67. The van der Waals surface area contributed by atoms with E-state index in [9.17, 15) is 13.6 Å². The van der Waals surface area contributed by atoms with Gasteiger partial charge in [0, 0.05) is 30.5 Å². The highest BCUT2D eigenvalue weighted by Gasteiger charge is 2.17. The Balaban J connectivity index is 2.27. The largest absolute Gasteiger partial charge is 0.369 e. The molecule has 0 bridgehead atoms. The van der Waals surface area contributed by atoms with Crippen molar-refractivity contribution < 1.29 is 13.6 Å². The number of amides is 1. The molecule has 0 saturated heterocycles. The van der Waals surface area contributed by atoms with Gasteiger partial charge in [-0.2, -0.15) is 0 Å². The molecule has 0 aliphatic rings. The fourth-order valence-electron chi connectivity index (χ4n) is 2.44. The Morgan fingerprint density at radius 2 is 2.00 bits per heavy atom. The number of carbonyl (C=O) groups excluding carboxylic acids is 1. The zero-order chi connectivity index (χ0) is 18.2. The number of nitrogens with one attached hydrogen (secondary N) is 3. The lowest BCUT2D eigenvalue weighted by atomic mass is 10.1. The molecule has 0 spiro atoms. The number of likely N-dealkylation sites (N-methyl/N-ethyl adjacent to an activating group) is 1. The molecule has 0 radical (unpaired) electrons. The molecule has 1 amide bonds. The predicted molar refractivity (Wildman–Crippen MR) is 95.0 cm³/mol. The number of rotatable bonds is 8. The zero-order valence-corrected chi connectivity index (χ0v) is 14.3. The maximum Gasteiger partial charge on any atom is 0.258 e. The number of carbonyl (C=O) groups is 1. The van der Waals surface area contributed by atoms with Gasteiger partial charge in [0.25, 0.3) is 5.91 Å². The quantitative estimate of drug-likeness (QED) is 0.641. The third-order valence-electron chi connectivity index (χ3n) is 3.67. The second-order valence-electron chi connectivity index (χ2n) is 5.52. The van der Waals surface area contributed by atoms with Crippen LogP contribution in [-0.2, 0) is 6.42 Å². The molecule has 0 aliphatic heterocycles. The lowest BCUT2D eigenvalue weighted by Gasteiger charge is -2.16. The topological polar surface area (TPSA) is 66.0 Å². The van der Waals surface area contributed by atoms with Crippen LogP contribution in [-0.4, -0.2) is 31.0 Å². The van der Waals surface area contributed by atoms with Gasteiger partial charge in [-0.15, -0.1) is 0 Å². The van der Waals surface area contributed by atoms with Crippen molar-refractivity contribution in [3.05, 3.63) is 53.2 Å². The summed E-state index contributed by atoms with van der Waals surface area (Å²) in [6, 6.07) is 5.19. The first-order valence-corrected chi connectivity index (χ1v) is 8.20. The number of pyridine rings is 1. The molecular formula is C18H22F2N4O. The Labute approximate surface area is 145 Å². The van der Waals surface area contributed by atoms with Gasteiger partial charge in [0.2, 0.25) is 0 Å². The molecule has 2 aromatic rings. The molecule has 0 fully saturated rings. The number of anilines is 2. The molecular weight excluding hydrogens is 326 g/mol. The van der Waals surface area contributed by atoms with Crippen molar-refractivity contribution in [2.75, 3.05) is 30.8 Å². The van der Waals surface area contributed by atoms with Crippen LogP contribution < -0.4 is 16.0 Å². The number of hydrogen-bond donors (Lipinski definition) is 3. The SMILES string of the molecule is CCCc1c(NC(=O)c2cccc(F)c2F)ccnc1NCCNC. The highest BCUT2D eigenvalue weighted by Crippen LogP contribution is 2.25. The van der Waals surface area contributed by atoms with Gasteiger partial charge < -0.3 is 16.0 Å². The molecule has 0 atom stereocenters. The molecule has 134 valence electrons. The van der Waals surface area contributed by atoms with Crippen LogP contribution >= 0.6 is 0 Å². The van der Waals surface area contributed by atoms with Crippen LogP contribution in [0.5, 0.6) is 0 Å². The van der Waals surface area contributed by atoms with Crippen molar-refractivity contribution >= 4 is 17.4 Å². The second-order valence-corrected chi connectivity index (χ2v) is 5.52. The van der Waals surface area contributed by atoms with E-state index in [0.29, 0.717) is 24.5 Å². The van der Waals surface area contributed by atoms with Gasteiger partial charge in [-0.05, 0) is 31.7 Å². The molecule has 1 aromatic carbocycles. The molecule has 0 saturated carbocycles. The molecule has 5 nitrogen and oxygen atoms in total. The zero-order valence-electron chi connectivity index (χ0n) is 14.3. The van der Waals surface area contributed by atoms with Crippen LogP contribution in [0.1, 0.15) is 29.3 Å². The maximum absolute atomic E-state index is 13.8. The van der Waals surface area contributed by atoms with Gasteiger partial charge >= 0.3 is 0 Å². The normalized spacial score (nSPS) is 10.6. The Morgan fingerprint density at radius 1 is 1.20 bits per heavy atom. The highest BCUT2D eigenvalue weighted by molar-refractivity contribution is 6.05. The van der Waals surface area contributed by atoms with Crippen LogP contribution in [0.3, 0.4) is 0 Å². The van der Waals surface area contributed by atoms with Gasteiger partial charge in [-0.1, -0.05) is 19.4 Å². The molecule has 1 heterocycles. The van der Waals surface area contributed by atoms with E-state index in [4.69, 9.17) is 0 Å². The first-order valence-electron chi connectivity index (χ1n) is 8.20. The first-order chi connectivity index (χ1) is 12.1. The molecule has 0 aliphatic carbocycles. The van der Waals surface area contributed by atoms with Crippen LogP contribution in [0, 0.1) is 11.6 Å². The van der Waals surface area contributed by atoms with Crippen LogP contribution in [0.15, 0.2) is 30.5 Å². The van der Waals surface area contributed by atoms with Gasteiger partial charge in [0.15, 0.2) is 11.6 Å². The average molecular weight is 348 g/mol. The van der Waals surface area contributed by atoms with Gasteiger partial charge in [0.05, 0.1) is 5.56 Å². The van der Waals surface area contributed by atoms with E-state index in [0.717, 1.165) is 24.6 Å². The van der Waals surface area contributed by atoms with E-state index in [1.165, 1.54) is 12.1 Å². The van der Waals surface area contributed by atoms with E-state index in [2.05, 4.69) is 20.9 Å². The summed E-state index contributed by atoms with van der Waals surface area (Å²) in [7, 11) is 1.85. The van der Waals surface area contributed by atoms with Crippen LogP contribution in [0.25, 0.3) is 0 Å². The molecule has 2 rings (SSSR count). The van der Waals surface area contributed by atoms with Crippen molar-refractivity contribution in [3.8, 4) is 0 Å². The first kappa shape index (κ1) is 18.8. The Kier molecular flexibility index (Phi) is 6.82. The minimum absolute atomic E-state index is 0.330. The predicted octanol–water partition coefficient (Wildman–Crippen LogP) is 3.20. The average Bonchev–Trinajstić information content (AvgIpc) is 2.60. The molecule has 3 N–H and O–H groups in total. The lowest BCUT2D eigenvalue weighted by molar-refractivity contribution is 0.102. The van der Waals surface area contributed by atoms with Crippen molar-refractivity contribution in [1.29, 1.82) is 0 Å². The number of aromatic nitrogens is 1. The van der Waals surface area contributed by atoms with Crippen molar-refractivity contribution in [2.45, 2.75) is 19.8 Å². The van der Waals surface area contributed by atoms with Gasteiger partial charge in [-0.25, -0.2) is 13.8 Å². The van der Waals surface area contributed by atoms with Crippen molar-refractivity contribution in [2.24, 2.45) is 0 Å². The van der Waals surface area contributed by atoms with E-state index in [1.807, 2.05) is 14.0 Å². The summed E-state index contributed by atoms with van der Waals surface area (Å²) in [5.41, 5.74) is 1.05. The van der Waals surface area contributed by atoms with Crippen LogP contribution in [0.4, 0.5) is 20.3 Å². The maximum atomic E-state index is 13.8. The summed E-state index contributed by atoms with van der Waals surface area (Å²) < 4.78 is 27.2. The number of halogens is 2. The Hall–Kier alpha value is -2.54. The minimum atomic E-state index is -1.15. The smallest absolute Gasteiger partial charge is 0.258 e. The fourth-order valence-corrected chi connectivity index (χ4v) is 2.44. The monoisotopic (exact) mass is 348 g/mol. The lowest BCUT2D eigenvalue weighted by Crippen LogP contribution is -2.20. The van der Waals surface area contributed by atoms with Crippen molar-refractivity contribution in [3.63, 3.8) is 0 Å². The summed E-state index contributed by atoms with van der Waals surface area (Å²) in [6.07, 6.45) is 3.11. The second kappa shape index (κ2) is 9.08. The summed E-state index contributed by atoms with van der Waals surface area (Å²) in [5, 5.41) is 8.92. The molecule has 0 unspecified atom stereocenters. The summed E-state index contributed by atoms with van der Waals surface area (Å²) in [6.45, 7) is 3.46. The standard InChI is InChI=1S/C18H22F2N4O/c1-3-5-12-15(8-9-22-17(12)23-11-10-21-2)24-18(25)13-6-4-7-14(19)16(13)20/h4,6-9,21H,3,5,10-11H2,1-2H3,(H2,22,23,24,25). The number of hydrogen-bond acceptors (Lipinski definition) is 4. The molecule has 25 heavy (non-hydrogen) atoms. The number of nitrogens with zero attached hydrogens (tertiary/aromatic N) is 1. The Bertz CT molecular complexity index is 737. The van der Waals surface area contributed by atoms with Gasteiger partial charge in [-0.3, -0.25) is 4.79 Å². The third kappa shape index (κ3) is 4.73. The minimum Gasteiger partial charge on any atom is -0.369 e. The van der Waals surface area contributed by atoms with E-state index in [-0.39, 0.29) is 5.56 Å². The molecule has 7 heteroatoms. The summed E-state index contributed by atoms with van der Waals surface area (Å²) in [5.74, 6) is -2.22. The van der Waals surface area contributed by atoms with Crippen molar-refractivity contribution in [1.82, 2.24) is 10.3 Å². The van der Waals surface area contributed by atoms with E-state index >= 15 is 0 Å².